The Morgan fingerprint density at radius 1 is 1.47 bits per heavy atom. The van der Waals surface area contributed by atoms with E-state index in [0.29, 0.717) is 5.92 Å². The van der Waals surface area contributed by atoms with Crippen LogP contribution in [0.4, 0.5) is 0 Å². The molecular formula is C10H18N2O3. The van der Waals surface area contributed by atoms with Crippen LogP contribution in [-0.4, -0.2) is 36.6 Å². The number of carboxylic acids is 1. The molecule has 15 heavy (non-hydrogen) atoms. The van der Waals surface area contributed by atoms with Gasteiger partial charge in [-0.25, -0.2) is 0 Å². The van der Waals surface area contributed by atoms with Gasteiger partial charge in [0.25, 0.3) is 0 Å². The summed E-state index contributed by atoms with van der Waals surface area (Å²) in [7, 11) is 0. The minimum Gasteiger partial charge on any atom is -0.481 e. The van der Waals surface area contributed by atoms with Crippen molar-refractivity contribution in [2.24, 2.45) is 17.8 Å². The number of carboxylic acid groups (broad SMARTS) is 1. The molecule has 0 aromatic carbocycles. The van der Waals surface area contributed by atoms with E-state index in [0.717, 1.165) is 13.1 Å². The van der Waals surface area contributed by atoms with Gasteiger partial charge >= 0.3 is 5.97 Å². The zero-order valence-electron chi connectivity index (χ0n) is 9.12. The van der Waals surface area contributed by atoms with Crippen LogP contribution in [0, 0.1) is 17.8 Å². The van der Waals surface area contributed by atoms with Crippen molar-refractivity contribution in [1.82, 2.24) is 10.6 Å². The molecule has 0 aromatic heterocycles. The number of amides is 1. The summed E-state index contributed by atoms with van der Waals surface area (Å²) in [6.07, 6.45) is 0. The predicted octanol–water partition coefficient (Wildman–Crippen LogP) is -0.321. The molecule has 5 nitrogen and oxygen atoms in total. The molecule has 1 saturated heterocycles. The maximum atomic E-state index is 11.6. The normalized spacial score (nSPS) is 20.1. The van der Waals surface area contributed by atoms with Gasteiger partial charge in [-0.3, -0.25) is 9.59 Å². The summed E-state index contributed by atoms with van der Waals surface area (Å²) >= 11 is 0. The molecule has 0 saturated carbocycles. The van der Waals surface area contributed by atoms with Gasteiger partial charge in [-0.1, -0.05) is 13.8 Å². The lowest BCUT2D eigenvalue weighted by molar-refractivity contribution is -0.141. The van der Waals surface area contributed by atoms with Gasteiger partial charge in [0.05, 0.1) is 5.92 Å². The first kappa shape index (κ1) is 12.0. The predicted molar refractivity (Wildman–Crippen MR) is 55.3 cm³/mol. The number of nitrogens with one attached hydrogen (secondary N) is 2. The molecule has 0 aromatic rings. The van der Waals surface area contributed by atoms with Gasteiger partial charge in [0.1, 0.15) is 0 Å². The average molecular weight is 214 g/mol. The van der Waals surface area contributed by atoms with Gasteiger partial charge in [0.15, 0.2) is 0 Å². The molecule has 1 fully saturated rings. The van der Waals surface area contributed by atoms with Crippen LogP contribution in [0.2, 0.25) is 0 Å². The zero-order valence-corrected chi connectivity index (χ0v) is 9.12. The van der Waals surface area contributed by atoms with Crippen LogP contribution in [0.15, 0.2) is 0 Å². The summed E-state index contributed by atoms with van der Waals surface area (Å²) < 4.78 is 0. The van der Waals surface area contributed by atoms with Gasteiger partial charge in [0, 0.05) is 12.5 Å². The Morgan fingerprint density at radius 2 is 2.07 bits per heavy atom. The second-order valence-electron chi connectivity index (χ2n) is 4.19. The number of carbonyl (C=O) groups excluding carboxylic acids is 1. The van der Waals surface area contributed by atoms with Gasteiger partial charge < -0.3 is 15.7 Å². The lowest BCUT2D eigenvalue weighted by atomic mass is 9.88. The van der Waals surface area contributed by atoms with Crippen molar-refractivity contribution >= 4 is 11.9 Å². The van der Waals surface area contributed by atoms with Crippen molar-refractivity contribution in [1.29, 1.82) is 0 Å². The monoisotopic (exact) mass is 214 g/mol. The van der Waals surface area contributed by atoms with Crippen molar-refractivity contribution < 1.29 is 14.7 Å². The molecule has 3 N–H and O–H groups in total. The smallest absolute Gasteiger partial charge is 0.308 e. The molecule has 0 spiro atoms. The largest absolute Gasteiger partial charge is 0.481 e. The lowest BCUT2D eigenvalue weighted by Gasteiger charge is -2.31. The van der Waals surface area contributed by atoms with E-state index >= 15 is 0 Å². The van der Waals surface area contributed by atoms with E-state index in [2.05, 4.69) is 10.6 Å². The Bertz CT molecular complexity index is 251. The summed E-state index contributed by atoms with van der Waals surface area (Å²) in [5.41, 5.74) is 0. The van der Waals surface area contributed by atoms with Gasteiger partial charge in [-0.15, -0.1) is 0 Å². The lowest BCUT2D eigenvalue weighted by Crippen LogP contribution is -2.50. The van der Waals surface area contributed by atoms with Crippen LogP contribution in [0.25, 0.3) is 0 Å². The topological polar surface area (TPSA) is 78.4 Å². The number of aliphatic carboxylic acids is 1. The highest BCUT2D eigenvalue weighted by atomic mass is 16.4. The number of rotatable bonds is 5. The van der Waals surface area contributed by atoms with Gasteiger partial charge in [0.2, 0.25) is 5.91 Å². The molecule has 0 radical (unpaired) electrons. The van der Waals surface area contributed by atoms with Crippen molar-refractivity contribution in [3.05, 3.63) is 0 Å². The third kappa shape index (κ3) is 3.20. The molecule has 1 aliphatic heterocycles. The maximum absolute atomic E-state index is 11.6. The SMILES string of the molecule is CC(CNC(=O)C(C)C1CNC1)C(=O)O. The molecule has 1 rings (SSSR count). The quantitative estimate of drug-likeness (QED) is 0.586. The molecule has 5 heteroatoms. The molecule has 2 unspecified atom stereocenters. The van der Waals surface area contributed by atoms with Crippen molar-refractivity contribution in [2.45, 2.75) is 13.8 Å². The summed E-state index contributed by atoms with van der Waals surface area (Å²) in [6.45, 7) is 5.43. The molecule has 2 atom stereocenters. The van der Waals surface area contributed by atoms with E-state index in [9.17, 15) is 9.59 Å². The van der Waals surface area contributed by atoms with E-state index in [1.807, 2.05) is 6.92 Å². The maximum Gasteiger partial charge on any atom is 0.308 e. The van der Waals surface area contributed by atoms with Gasteiger partial charge in [-0.2, -0.15) is 0 Å². The first-order valence-electron chi connectivity index (χ1n) is 5.23. The third-order valence-corrected chi connectivity index (χ3v) is 2.94. The molecule has 86 valence electrons. The van der Waals surface area contributed by atoms with Crippen molar-refractivity contribution in [3.8, 4) is 0 Å². The molecule has 1 heterocycles. The highest BCUT2D eigenvalue weighted by Crippen LogP contribution is 2.15. The van der Waals surface area contributed by atoms with E-state index in [1.54, 1.807) is 6.92 Å². The number of carbonyl (C=O) groups is 2. The highest BCUT2D eigenvalue weighted by molar-refractivity contribution is 5.79. The summed E-state index contributed by atoms with van der Waals surface area (Å²) in [5, 5.41) is 14.4. The molecule has 1 aliphatic rings. The molecule has 0 aliphatic carbocycles. The number of hydrogen-bond donors (Lipinski definition) is 3. The van der Waals surface area contributed by atoms with E-state index < -0.39 is 11.9 Å². The minimum absolute atomic E-state index is 0.0350. The van der Waals surface area contributed by atoms with E-state index in [-0.39, 0.29) is 18.4 Å². The third-order valence-electron chi connectivity index (χ3n) is 2.94. The molecule has 0 bridgehead atoms. The number of hydrogen-bond acceptors (Lipinski definition) is 3. The highest BCUT2D eigenvalue weighted by Gasteiger charge is 2.28. The first-order chi connectivity index (χ1) is 7.02. The first-order valence-corrected chi connectivity index (χ1v) is 5.23. The van der Waals surface area contributed by atoms with Crippen LogP contribution in [0.5, 0.6) is 0 Å². The second-order valence-corrected chi connectivity index (χ2v) is 4.19. The Kier molecular flexibility index (Phi) is 4.08. The average Bonchev–Trinajstić information content (AvgIpc) is 2.10. The Morgan fingerprint density at radius 3 is 2.47 bits per heavy atom. The summed E-state index contributed by atoms with van der Waals surface area (Å²) in [6, 6.07) is 0. The van der Waals surface area contributed by atoms with Crippen LogP contribution < -0.4 is 10.6 Å². The van der Waals surface area contributed by atoms with Crippen LogP contribution >= 0.6 is 0 Å². The minimum atomic E-state index is -0.881. The molecular weight excluding hydrogens is 196 g/mol. The summed E-state index contributed by atoms with van der Waals surface area (Å²) in [5.74, 6) is -1.10. The van der Waals surface area contributed by atoms with Crippen molar-refractivity contribution in [2.75, 3.05) is 19.6 Å². The standard InChI is InChI=1S/C10H18N2O3/c1-6(10(14)15)3-12-9(13)7(2)8-4-11-5-8/h6-8,11H,3-5H2,1-2H3,(H,12,13)(H,14,15). The Balaban J connectivity index is 2.25. The fourth-order valence-corrected chi connectivity index (χ4v) is 1.38. The van der Waals surface area contributed by atoms with Crippen LogP contribution in [0.1, 0.15) is 13.8 Å². The van der Waals surface area contributed by atoms with Crippen LogP contribution in [-0.2, 0) is 9.59 Å². The molecule has 1 amide bonds. The fraction of sp³-hybridized carbons (Fsp3) is 0.800. The summed E-state index contributed by atoms with van der Waals surface area (Å²) in [4.78, 5) is 22.1. The second kappa shape index (κ2) is 5.11. The Labute approximate surface area is 89.2 Å². The van der Waals surface area contributed by atoms with E-state index in [4.69, 9.17) is 5.11 Å². The fourth-order valence-electron chi connectivity index (χ4n) is 1.38. The van der Waals surface area contributed by atoms with Gasteiger partial charge in [-0.05, 0) is 19.0 Å². The van der Waals surface area contributed by atoms with Crippen LogP contribution in [0.3, 0.4) is 0 Å². The van der Waals surface area contributed by atoms with E-state index in [1.165, 1.54) is 0 Å². The zero-order chi connectivity index (χ0) is 11.4. The van der Waals surface area contributed by atoms with Crippen molar-refractivity contribution in [3.63, 3.8) is 0 Å². The Hall–Kier alpha value is -1.10.